The fourth-order valence-corrected chi connectivity index (χ4v) is 3.11. The van der Waals surface area contributed by atoms with Gasteiger partial charge >= 0.3 is 0 Å². The van der Waals surface area contributed by atoms with Crippen LogP contribution in [0, 0.1) is 0 Å². The fraction of sp³-hybridized carbons (Fsp3) is 0.647. The molecule has 1 aromatic carbocycles. The molecule has 25 heavy (non-hydrogen) atoms. The van der Waals surface area contributed by atoms with Gasteiger partial charge in [0.2, 0.25) is 6.41 Å². The summed E-state index contributed by atoms with van der Waals surface area (Å²) < 4.78 is 22.3. The van der Waals surface area contributed by atoms with Crippen LogP contribution in [0.3, 0.4) is 0 Å². The Balaban J connectivity index is 1.70. The highest BCUT2D eigenvalue weighted by atomic mass is 79.9. The van der Waals surface area contributed by atoms with Gasteiger partial charge in [0.25, 0.3) is 0 Å². The summed E-state index contributed by atoms with van der Waals surface area (Å²) in [6, 6.07) is 3.80. The summed E-state index contributed by atoms with van der Waals surface area (Å²) in [5.74, 6) is 1.52. The molecule has 0 radical (unpaired) electrons. The Hall–Kier alpha value is -0.900. The minimum atomic E-state index is -0.992. The molecule has 1 fully saturated rings. The number of hydrogen-bond donors (Lipinski definition) is 2. The topological polar surface area (TPSA) is 72.4 Å². The van der Waals surface area contributed by atoms with Crippen LogP contribution < -0.4 is 14.8 Å². The summed E-state index contributed by atoms with van der Waals surface area (Å²) in [7, 11) is 3.26. The van der Waals surface area contributed by atoms with Gasteiger partial charge in [-0.25, -0.2) is 0 Å². The van der Waals surface area contributed by atoms with Gasteiger partial charge in [0, 0.05) is 26.2 Å². The number of benzene rings is 1. The van der Waals surface area contributed by atoms with Crippen LogP contribution in [0.15, 0.2) is 16.6 Å². The first-order valence-corrected chi connectivity index (χ1v) is 9.17. The molecule has 0 amide bonds. The molecule has 1 aliphatic heterocycles. The zero-order valence-corrected chi connectivity index (χ0v) is 16.4. The molecule has 1 atom stereocenters. The summed E-state index contributed by atoms with van der Waals surface area (Å²) in [5, 5.41) is 12.8. The lowest BCUT2D eigenvalue weighted by molar-refractivity contribution is -0.129. The zero-order valence-electron chi connectivity index (χ0n) is 14.8. The molecule has 1 aromatic rings. The van der Waals surface area contributed by atoms with E-state index in [0.717, 1.165) is 47.7 Å². The molecule has 8 heteroatoms. The second-order valence-corrected chi connectivity index (χ2v) is 6.59. The molecule has 2 rings (SSSR count). The Bertz CT molecular complexity index is 526. The Morgan fingerprint density at radius 2 is 2.12 bits per heavy atom. The number of aliphatic hydroxyl groups excluding tert-OH is 1. The van der Waals surface area contributed by atoms with Gasteiger partial charge in [0.1, 0.15) is 11.5 Å². The third-order valence-corrected chi connectivity index (χ3v) is 4.61. The molecule has 1 aliphatic rings. The number of aliphatic hydroxyl groups is 1. The molecule has 0 spiro atoms. The van der Waals surface area contributed by atoms with Crippen LogP contribution in [-0.2, 0) is 15.9 Å². The molecule has 0 bridgehead atoms. The van der Waals surface area contributed by atoms with Crippen molar-refractivity contribution in [3.63, 3.8) is 0 Å². The van der Waals surface area contributed by atoms with E-state index in [4.69, 9.17) is 18.9 Å². The van der Waals surface area contributed by atoms with Gasteiger partial charge in [-0.3, -0.25) is 10.2 Å². The van der Waals surface area contributed by atoms with E-state index in [9.17, 15) is 5.11 Å². The monoisotopic (exact) mass is 418 g/mol. The van der Waals surface area contributed by atoms with Crippen molar-refractivity contribution in [2.45, 2.75) is 19.3 Å². The molecular formula is C17H27BrN2O5. The van der Waals surface area contributed by atoms with Crippen molar-refractivity contribution in [3.8, 4) is 11.5 Å². The van der Waals surface area contributed by atoms with Crippen molar-refractivity contribution in [1.82, 2.24) is 10.2 Å². The van der Waals surface area contributed by atoms with Crippen molar-refractivity contribution in [3.05, 3.63) is 22.2 Å². The van der Waals surface area contributed by atoms with Crippen molar-refractivity contribution >= 4 is 15.9 Å². The summed E-state index contributed by atoms with van der Waals surface area (Å²) in [4.78, 5) is 2.16. The van der Waals surface area contributed by atoms with Crippen LogP contribution in [0.25, 0.3) is 0 Å². The Morgan fingerprint density at radius 1 is 1.32 bits per heavy atom. The number of methoxy groups -OCH3 is 2. The van der Waals surface area contributed by atoms with Crippen molar-refractivity contribution < 1.29 is 24.1 Å². The summed E-state index contributed by atoms with van der Waals surface area (Å²) in [6.45, 7) is 4.22. The number of rotatable bonds is 10. The third-order valence-electron chi connectivity index (χ3n) is 3.99. The van der Waals surface area contributed by atoms with Crippen LogP contribution in [0.2, 0.25) is 0 Å². The molecule has 7 nitrogen and oxygen atoms in total. The molecule has 0 saturated carbocycles. The van der Waals surface area contributed by atoms with Gasteiger partial charge in [0.05, 0.1) is 32.0 Å². The molecule has 2 N–H and O–H groups in total. The van der Waals surface area contributed by atoms with Crippen molar-refractivity contribution in [2.24, 2.45) is 0 Å². The molecule has 1 saturated heterocycles. The summed E-state index contributed by atoms with van der Waals surface area (Å²) in [5.41, 5.74) is 0.993. The van der Waals surface area contributed by atoms with Crippen LogP contribution in [0.5, 0.6) is 11.5 Å². The lowest BCUT2D eigenvalue weighted by atomic mass is 10.1. The van der Waals surface area contributed by atoms with E-state index in [1.807, 2.05) is 12.1 Å². The minimum Gasteiger partial charge on any atom is -0.496 e. The predicted molar refractivity (Wildman–Crippen MR) is 97.9 cm³/mol. The quantitative estimate of drug-likeness (QED) is 0.558. The maximum absolute atomic E-state index is 9.88. The predicted octanol–water partition coefficient (Wildman–Crippen LogP) is 1.57. The highest BCUT2D eigenvalue weighted by Gasteiger charge is 2.12. The number of halogens is 1. The average molecular weight is 419 g/mol. The van der Waals surface area contributed by atoms with Crippen LogP contribution in [0.1, 0.15) is 12.0 Å². The first kappa shape index (κ1) is 20.4. The second kappa shape index (κ2) is 10.9. The van der Waals surface area contributed by atoms with Crippen LogP contribution >= 0.6 is 15.9 Å². The average Bonchev–Trinajstić information content (AvgIpc) is 2.63. The fourth-order valence-electron chi connectivity index (χ4n) is 2.63. The third kappa shape index (κ3) is 6.73. The standard InChI is InChI=1S/C17H27BrN2O5/c1-22-15-11-14(18)16(23-2)10-13(15)4-5-19-17(21)25-9-7-20-6-3-8-24-12-20/h10-11,17,19,21H,3-9,12H2,1-2H3. The number of nitrogens with zero attached hydrogens (tertiary/aromatic N) is 1. The Kier molecular flexibility index (Phi) is 8.94. The highest BCUT2D eigenvalue weighted by molar-refractivity contribution is 9.10. The van der Waals surface area contributed by atoms with E-state index in [2.05, 4.69) is 26.1 Å². The first-order chi connectivity index (χ1) is 12.1. The molecule has 142 valence electrons. The Labute approximate surface area is 157 Å². The van der Waals surface area contributed by atoms with Gasteiger partial charge in [-0.2, -0.15) is 0 Å². The lowest BCUT2D eigenvalue weighted by Gasteiger charge is -2.26. The first-order valence-electron chi connectivity index (χ1n) is 8.37. The largest absolute Gasteiger partial charge is 0.496 e. The van der Waals surface area contributed by atoms with Gasteiger partial charge < -0.3 is 24.1 Å². The lowest BCUT2D eigenvalue weighted by Crippen LogP contribution is -2.38. The normalized spacial score (nSPS) is 16.6. The van der Waals surface area contributed by atoms with Gasteiger partial charge in [-0.15, -0.1) is 0 Å². The second-order valence-electron chi connectivity index (χ2n) is 5.73. The smallest absolute Gasteiger partial charge is 0.213 e. The van der Waals surface area contributed by atoms with E-state index < -0.39 is 6.41 Å². The molecule has 0 aliphatic carbocycles. The van der Waals surface area contributed by atoms with E-state index in [1.165, 1.54) is 0 Å². The maximum atomic E-state index is 9.88. The number of ether oxygens (including phenoxy) is 4. The van der Waals surface area contributed by atoms with Crippen molar-refractivity contribution in [2.75, 3.05) is 53.8 Å². The highest BCUT2D eigenvalue weighted by Crippen LogP contribution is 2.32. The molecular weight excluding hydrogens is 392 g/mol. The number of hydrogen-bond acceptors (Lipinski definition) is 7. The van der Waals surface area contributed by atoms with Gasteiger partial charge in [0.15, 0.2) is 0 Å². The van der Waals surface area contributed by atoms with E-state index >= 15 is 0 Å². The van der Waals surface area contributed by atoms with E-state index in [1.54, 1.807) is 14.2 Å². The number of nitrogens with one attached hydrogen (secondary N) is 1. The van der Waals surface area contributed by atoms with Gasteiger partial charge in [-0.05, 0) is 46.5 Å². The van der Waals surface area contributed by atoms with Crippen molar-refractivity contribution in [1.29, 1.82) is 0 Å². The summed E-state index contributed by atoms with van der Waals surface area (Å²) >= 11 is 3.44. The molecule has 1 unspecified atom stereocenters. The minimum absolute atomic E-state index is 0.451. The summed E-state index contributed by atoms with van der Waals surface area (Å²) in [6.07, 6.45) is 0.723. The molecule has 1 heterocycles. The van der Waals surface area contributed by atoms with E-state index in [-0.39, 0.29) is 0 Å². The Morgan fingerprint density at radius 3 is 2.80 bits per heavy atom. The zero-order chi connectivity index (χ0) is 18.1. The SMILES string of the molecule is COc1cc(CCNC(O)OCCN2CCCOC2)c(OC)cc1Br. The molecule has 0 aromatic heterocycles. The van der Waals surface area contributed by atoms with Crippen LogP contribution in [0.4, 0.5) is 0 Å². The van der Waals surface area contributed by atoms with E-state index in [0.29, 0.717) is 26.3 Å². The van der Waals surface area contributed by atoms with Crippen LogP contribution in [-0.4, -0.2) is 70.2 Å². The maximum Gasteiger partial charge on any atom is 0.213 e. The van der Waals surface area contributed by atoms with Gasteiger partial charge in [-0.1, -0.05) is 0 Å².